The summed E-state index contributed by atoms with van der Waals surface area (Å²) in [6.07, 6.45) is 1.56. The van der Waals surface area contributed by atoms with E-state index in [1.165, 1.54) is 10.7 Å². The first-order valence-corrected chi connectivity index (χ1v) is 8.32. The lowest BCUT2D eigenvalue weighted by molar-refractivity contribution is 0.429. The Hall–Kier alpha value is -2.96. The van der Waals surface area contributed by atoms with Crippen molar-refractivity contribution in [2.75, 3.05) is 0 Å². The van der Waals surface area contributed by atoms with Crippen LogP contribution in [0.25, 0.3) is 28.7 Å². The number of rotatable bonds is 3. The van der Waals surface area contributed by atoms with Crippen molar-refractivity contribution in [3.8, 4) is 28.7 Å². The minimum absolute atomic E-state index is 0.0215. The van der Waals surface area contributed by atoms with E-state index in [9.17, 15) is 4.79 Å². The minimum atomic E-state index is -0.329. The van der Waals surface area contributed by atoms with E-state index in [1.54, 1.807) is 48.7 Å². The van der Waals surface area contributed by atoms with Gasteiger partial charge in [0.1, 0.15) is 0 Å². The summed E-state index contributed by atoms with van der Waals surface area (Å²) in [5.41, 5.74) is 1.07. The van der Waals surface area contributed by atoms with Crippen LogP contribution in [0.2, 0.25) is 10.0 Å². The van der Waals surface area contributed by atoms with Gasteiger partial charge >= 0.3 is 0 Å². The minimum Gasteiger partial charge on any atom is -0.332 e. The van der Waals surface area contributed by atoms with Gasteiger partial charge in [-0.15, -0.1) is 0 Å². The van der Waals surface area contributed by atoms with Crippen molar-refractivity contribution in [2.45, 2.75) is 0 Å². The third-order valence-electron chi connectivity index (χ3n) is 3.64. The van der Waals surface area contributed by atoms with Gasteiger partial charge in [-0.3, -0.25) is 4.79 Å². The zero-order chi connectivity index (χ0) is 18.1. The molecule has 4 rings (SSSR count). The topological polar surface area (TPSA) is 73.8 Å². The lowest BCUT2D eigenvalue weighted by Gasteiger charge is -2.05. The lowest BCUT2D eigenvalue weighted by Crippen LogP contribution is -2.12. The summed E-state index contributed by atoms with van der Waals surface area (Å²) in [5.74, 6) is 0.307. The van der Waals surface area contributed by atoms with Crippen molar-refractivity contribution in [2.24, 2.45) is 0 Å². The van der Waals surface area contributed by atoms with Crippen molar-refractivity contribution in [1.82, 2.24) is 19.9 Å². The second kappa shape index (κ2) is 6.74. The molecule has 26 heavy (non-hydrogen) atoms. The van der Waals surface area contributed by atoms with Crippen LogP contribution in [-0.2, 0) is 0 Å². The molecule has 2 heterocycles. The first kappa shape index (κ1) is 16.5. The van der Waals surface area contributed by atoms with Crippen molar-refractivity contribution in [3.63, 3.8) is 0 Å². The molecule has 0 amide bonds. The van der Waals surface area contributed by atoms with Crippen LogP contribution in [0.15, 0.2) is 70.1 Å². The van der Waals surface area contributed by atoms with Crippen LogP contribution in [0.3, 0.4) is 0 Å². The summed E-state index contributed by atoms with van der Waals surface area (Å²) in [7, 11) is 0. The quantitative estimate of drug-likeness (QED) is 0.527. The maximum absolute atomic E-state index is 12.2. The van der Waals surface area contributed by atoms with Crippen LogP contribution >= 0.6 is 23.2 Å². The van der Waals surface area contributed by atoms with Gasteiger partial charge in [0.15, 0.2) is 5.69 Å². The third kappa shape index (κ3) is 3.12. The number of halogens is 2. The lowest BCUT2D eigenvalue weighted by atomic mass is 10.2. The van der Waals surface area contributed by atoms with Gasteiger partial charge in [0.2, 0.25) is 11.3 Å². The molecular weight excluding hydrogens is 375 g/mol. The van der Waals surface area contributed by atoms with Gasteiger partial charge in [0.05, 0.1) is 10.7 Å². The Bertz CT molecular complexity index is 1140. The summed E-state index contributed by atoms with van der Waals surface area (Å²) >= 11 is 12.1. The van der Waals surface area contributed by atoms with Crippen LogP contribution in [0.1, 0.15) is 0 Å². The summed E-state index contributed by atoms with van der Waals surface area (Å²) < 4.78 is 6.77. The fourth-order valence-corrected chi connectivity index (χ4v) is 2.71. The normalized spacial score (nSPS) is 10.8. The number of benzene rings is 2. The van der Waals surface area contributed by atoms with Crippen LogP contribution in [0.4, 0.5) is 0 Å². The number of aromatic nitrogens is 4. The molecule has 0 spiro atoms. The molecule has 6 nitrogen and oxygen atoms in total. The Balaban J connectivity index is 1.77. The van der Waals surface area contributed by atoms with E-state index in [0.717, 1.165) is 5.69 Å². The number of hydrogen-bond acceptors (Lipinski definition) is 5. The average molecular weight is 385 g/mol. The maximum atomic E-state index is 12.2. The molecule has 0 saturated carbocycles. The Morgan fingerprint density at radius 2 is 1.73 bits per heavy atom. The largest absolute Gasteiger partial charge is 0.332 e. The number of nitrogens with zero attached hydrogens (tertiary/aromatic N) is 4. The highest BCUT2D eigenvalue weighted by Gasteiger charge is 2.17. The summed E-state index contributed by atoms with van der Waals surface area (Å²) in [4.78, 5) is 16.5. The molecule has 0 N–H and O–H groups in total. The number of hydrogen-bond donors (Lipinski definition) is 0. The van der Waals surface area contributed by atoms with Gasteiger partial charge in [-0.25, -0.2) is 4.68 Å². The fourth-order valence-electron chi connectivity index (χ4n) is 2.36. The smallest absolute Gasteiger partial charge is 0.282 e. The highest BCUT2D eigenvalue weighted by molar-refractivity contribution is 6.33. The molecule has 8 heteroatoms. The van der Waals surface area contributed by atoms with Crippen molar-refractivity contribution in [3.05, 3.63) is 81.1 Å². The predicted molar refractivity (Wildman–Crippen MR) is 98.6 cm³/mol. The maximum Gasteiger partial charge on any atom is 0.282 e. The van der Waals surface area contributed by atoms with E-state index in [2.05, 4.69) is 15.2 Å². The van der Waals surface area contributed by atoms with Gasteiger partial charge in [-0.05, 0) is 36.4 Å². The van der Waals surface area contributed by atoms with E-state index in [0.29, 0.717) is 15.6 Å². The van der Waals surface area contributed by atoms with Crippen LogP contribution in [0.5, 0.6) is 0 Å². The molecule has 0 aliphatic carbocycles. The summed E-state index contributed by atoms with van der Waals surface area (Å²) in [5, 5.41) is 9.30. The first-order valence-electron chi connectivity index (χ1n) is 7.57. The molecule has 128 valence electrons. The molecular formula is C18H10Cl2N4O2. The molecule has 0 atom stereocenters. The van der Waals surface area contributed by atoms with Gasteiger partial charge in [-0.2, -0.15) is 10.1 Å². The van der Waals surface area contributed by atoms with E-state index >= 15 is 0 Å². The third-order valence-corrected chi connectivity index (χ3v) is 4.22. The molecule has 2 aromatic heterocycles. The predicted octanol–water partition coefficient (Wildman–Crippen LogP) is 4.26. The second-order valence-corrected chi connectivity index (χ2v) is 6.20. The van der Waals surface area contributed by atoms with E-state index in [-0.39, 0.29) is 22.8 Å². The van der Waals surface area contributed by atoms with Gasteiger partial charge in [0, 0.05) is 22.8 Å². The zero-order valence-electron chi connectivity index (χ0n) is 13.1. The first-order chi connectivity index (χ1) is 12.6. The molecule has 0 saturated heterocycles. The van der Waals surface area contributed by atoms with E-state index in [4.69, 9.17) is 27.7 Å². The summed E-state index contributed by atoms with van der Waals surface area (Å²) in [6.45, 7) is 0. The fraction of sp³-hybridized carbons (Fsp3) is 0. The van der Waals surface area contributed by atoms with Crippen LogP contribution in [0, 0.1) is 0 Å². The molecule has 0 radical (unpaired) electrons. The molecule has 0 aliphatic rings. The molecule has 0 fully saturated rings. The Kier molecular flexibility index (Phi) is 4.28. The van der Waals surface area contributed by atoms with Crippen molar-refractivity contribution < 1.29 is 4.52 Å². The van der Waals surface area contributed by atoms with Crippen LogP contribution < -0.4 is 5.43 Å². The van der Waals surface area contributed by atoms with E-state index in [1.807, 2.05) is 6.07 Å². The van der Waals surface area contributed by atoms with Gasteiger partial charge in [0.25, 0.3) is 5.89 Å². The highest BCUT2D eigenvalue weighted by Crippen LogP contribution is 2.26. The molecule has 2 aromatic carbocycles. The Labute approximate surface area is 157 Å². The Morgan fingerprint density at radius 3 is 2.50 bits per heavy atom. The van der Waals surface area contributed by atoms with Gasteiger partial charge in [-0.1, -0.05) is 40.5 Å². The van der Waals surface area contributed by atoms with Gasteiger partial charge < -0.3 is 4.52 Å². The average Bonchev–Trinajstić information content (AvgIpc) is 3.13. The zero-order valence-corrected chi connectivity index (χ0v) is 14.6. The monoisotopic (exact) mass is 384 g/mol. The summed E-state index contributed by atoms with van der Waals surface area (Å²) in [6, 6.07) is 15.5. The molecule has 4 aromatic rings. The van der Waals surface area contributed by atoms with Crippen molar-refractivity contribution in [1.29, 1.82) is 0 Å². The second-order valence-electron chi connectivity index (χ2n) is 5.35. The molecule has 0 bridgehead atoms. The standard InChI is InChI=1S/C18H10Cl2N4O2/c19-11-5-7-12(8-6-11)24-10-9-15(25)16(22-24)18-21-17(23-26-18)13-3-1-2-4-14(13)20/h1-10H. The van der Waals surface area contributed by atoms with Crippen LogP contribution in [-0.4, -0.2) is 19.9 Å². The van der Waals surface area contributed by atoms with Crippen molar-refractivity contribution >= 4 is 23.2 Å². The molecule has 0 unspecified atom stereocenters. The Morgan fingerprint density at radius 1 is 0.962 bits per heavy atom. The van der Waals surface area contributed by atoms with E-state index < -0.39 is 0 Å². The highest BCUT2D eigenvalue weighted by atomic mass is 35.5. The SMILES string of the molecule is O=c1ccn(-c2ccc(Cl)cc2)nc1-c1nc(-c2ccccc2Cl)no1. The molecule has 0 aliphatic heterocycles.